The molecule has 0 spiro atoms. The van der Waals surface area contributed by atoms with Crippen LogP contribution < -0.4 is 9.64 Å². The Labute approximate surface area is 269 Å². The highest BCUT2D eigenvalue weighted by Gasteiger charge is 2.30. The van der Waals surface area contributed by atoms with Gasteiger partial charge in [0.15, 0.2) is 0 Å². The van der Waals surface area contributed by atoms with Crippen LogP contribution in [-0.2, 0) is 19.8 Å². The number of amides is 1. The van der Waals surface area contributed by atoms with Crippen molar-refractivity contribution in [2.45, 2.75) is 12.7 Å². The average Bonchev–Trinajstić information content (AvgIpc) is 3.36. The van der Waals surface area contributed by atoms with Crippen LogP contribution in [0.3, 0.4) is 0 Å². The molecule has 3 aromatic heterocycles. The van der Waals surface area contributed by atoms with Gasteiger partial charge in [0, 0.05) is 81.9 Å². The number of anilines is 2. The predicted molar refractivity (Wildman–Crippen MR) is 172 cm³/mol. The number of fused-ring (bicyclic) bond motifs is 1. The molecule has 12 heteroatoms. The highest BCUT2D eigenvalue weighted by atomic mass is 79.9. The summed E-state index contributed by atoms with van der Waals surface area (Å²) >= 11 is 0. The van der Waals surface area contributed by atoms with Gasteiger partial charge in [-0.15, -0.1) is 17.0 Å². The smallest absolute Gasteiger partial charge is 0.416 e. The van der Waals surface area contributed by atoms with Gasteiger partial charge in [-0.05, 0) is 72.3 Å². The maximum Gasteiger partial charge on any atom is 0.416 e. The Hall–Kier alpha value is -4.42. The van der Waals surface area contributed by atoms with Crippen molar-refractivity contribution in [1.29, 1.82) is 0 Å². The third-order valence-electron chi connectivity index (χ3n) is 7.96. The Balaban J connectivity index is 0.00000400. The fourth-order valence-electron chi connectivity index (χ4n) is 5.39. The first kappa shape index (κ1) is 32.0. The van der Waals surface area contributed by atoms with Gasteiger partial charge in [0.1, 0.15) is 11.4 Å². The Morgan fingerprint density at radius 1 is 0.911 bits per heavy atom. The maximum absolute atomic E-state index is 13.5. The van der Waals surface area contributed by atoms with E-state index in [0.29, 0.717) is 41.8 Å². The molecule has 0 atom stereocenters. The van der Waals surface area contributed by atoms with E-state index in [1.54, 1.807) is 42.7 Å². The molecule has 4 heterocycles. The number of aryl methyl sites for hydroxylation is 1. The van der Waals surface area contributed by atoms with Gasteiger partial charge in [-0.2, -0.15) is 13.2 Å². The van der Waals surface area contributed by atoms with Gasteiger partial charge in [-0.25, -0.2) is 4.98 Å². The second-order valence-electron chi connectivity index (χ2n) is 10.8. The van der Waals surface area contributed by atoms with E-state index in [0.717, 1.165) is 42.7 Å². The van der Waals surface area contributed by atoms with E-state index >= 15 is 0 Å². The molecule has 6 rings (SSSR count). The Bertz CT molecular complexity index is 1750. The van der Waals surface area contributed by atoms with Crippen LogP contribution in [0.2, 0.25) is 0 Å². The number of hydrogen-bond acceptors (Lipinski definition) is 6. The predicted octanol–water partition coefficient (Wildman–Crippen LogP) is 7.08. The van der Waals surface area contributed by atoms with Gasteiger partial charge in [-0.1, -0.05) is 0 Å². The van der Waals surface area contributed by atoms with Crippen LogP contribution in [-0.4, -0.2) is 63.5 Å². The first-order chi connectivity index (χ1) is 21.2. The molecule has 0 aliphatic carbocycles. The summed E-state index contributed by atoms with van der Waals surface area (Å²) in [5.74, 6) is 0.943. The van der Waals surface area contributed by atoms with Gasteiger partial charge in [0.05, 0.1) is 17.4 Å². The number of rotatable bonds is 7. The van der Waals surface area contributed by atoms with Gasteiger partial charge in [0.2, 0.25) is 5.88 Å². The number of carbonyl (C=O) groups is 1. The third-order valence-corrected chi connectivity index (χ3v) is 7.96. The van der Waals surface area contributed by atoms with Crippen molar-refractivity contribution in [3.8, 4) is 11.6 Å². The van der Waals surface area contributed by atoms with E-state index < -0.39 is 11.7 Å². The van der Waals surface area contributed by atoms with Crippen molar-refractivity contribution in [3.05, 3.63) is 108 Å². The molecule has 0 bridgehead atoms. The zero-order chi connectivity index (χ0) is 30.8. The number of ether oxygens (including phenoxy) is 1. The first-order valence-electron chi connectivity index (χ1n) is 14.2. The number of aromatic nitrogens is 3. The zero-order valence-electron chi connectivity index (χ0n) is 24.7. The number of carbonyl (C=O) groups excluding carboxylic acids is 1. The standard InChI is InChI=1S/C33H31F3N6O2.BrH/c1-39(26-5-3-25(4-6-26)33(34,35)36)27-7-10-31(38-21-27)44-28-8-9-29-24(19-28)20-30(40(29)2)32(43)42-17-15-41(16-18-42)22-23-11-13-37-14-12-23;/h3-14,19-21H,15-18,22H2,1-2H3;1H. The molecule has 234 valence electrons. The highest BCUT2D eigenvalue weighted by Crippen LogP contribution is 2.33. The van der Waals surface area contributed by atoms with E-state index in [-0.39, 0.29) is 22.9 Å². The first-order valence-corrected chi connectivity index (χ1v) is 14.2. The third kappa shape index (κ3) is 7.12. The van der Waals surface area contributed by atoms with Crippen molar-refractivity contribution in [1.82, 2.24) is 24.3 Å². The van der Waals surface area contributed by atoms with E-state index in [1.165, 1.54) is 17.7 Å². The summed E-state index contributed by atoms with van der Waals surface area (Å²) in [4.78, 5) is 27.9. The molecule has 1 aliphatic heterocycles. The van der Waals surface area contributed by atoms with Crippen molar-refractivity contribution >= 4 is 45.2 Å². The molecule has 1 aliphatic rings. The van der Waals surface area contributed by atoms with Crippen LogP contribution in [0, 0.1) is 0 Å². The van der Waals surface area contributed by atoms with E-state index in [9.17, 15) is 18.0 Å². The summed E-state index contributed by atoms with van der Waals surface area (Å²) in [6, 6.07) is 20.0. The summed E-state index contributed by atoms with van der Waals surface area (Å²) in [5.41, 5.74) is 3.34. The molecule has 1 saturated heterocycles. The minimum absolute atomic E-state index is 0. The van der Waals surface area contributed by atoms with Crippen LogP contribution in [0.5, 0.6) is 11.6 Å². The van der Waals surface area contributed by atoms with Crippen molar-refractivity contribution in [2.24, 2.45) is 7.05 Å². The zero-order valence-corrected chi connectivity index (χ0v) is 26.5. The van der Waals surface area contributed by atoms with Gasteiger partial charge < -0.3 is 19.1 Å². The van der Waals surface area contributed by atoms with E-state index in [1.807, 2.05) is 52.9 Å². The fraction of sp³-hybridized carbons (Fsp3) is 0.242. The number of benzene rings is 2. The number of piperazine rings is 1. The number of pyridine rings is 2. The number of hydrogen-bond donors (Lipinski definition) is 0. The Kier molecular flexibility index (Phi) is 9.45. The van der Waals surface area contributed by atoms with Crippen molar-refractivity contribution in [3.63, 3.8) is 0 Å². The minimum Gasteiger partial charge on any atom is -0.439 e. The SMILES string of the molecule is Br.CN(c1ccc(C(F)(F)F)cc1)c1ccc(Oc2ccc3c(c2)cc(C(=O)N2CCN(Cc4ccncc4)CC2)n3C)nc1. The van der Waals surface area contributed by atoms with Crippen LogP contribution in [0.1, 0.15) is 21.6 Å². The molecule has 8 nitrogen and oxygen atoms in total. The second-order valence-corrected chi connectivity index (χ2v) is 10.8. The van der Waals surface area contributed by atoms with Crippen molar-refractivity contribution < 1.29 is 22.7 Å². The molecule has 0 radical (unpaired) electrons. The summed E-state index contributed by atoms with van der Waals surface area (Å²) < 4.78 is 46.6. The Morgan fingerprint density at radius 3 is 2.24 bits per heavy atom. The lowest BCUT2D eigenvalue weighted by Gasteiger charge is -2.34. The second kappa shape index (κ2) is 13.3. The van der Waals surface area contributed by atoms with Gasteiger partial charge in [0.25, 0.3) is 5.91 Å². The Morgan fingerprint density at radius 2 is 1.60 bits per heavy atom. The molecular formula is C33H32BrF3N6O2. The lowest BCUT2D eigenvalue weighted by Crippen LogP contribution is -2.48. The monoisotopic (exact) mass is 680 g/mol. The molecule has 45 heavy (non-hydrogen) atoms. The summed E-state index contributed by atoms with van der Waals surface area (Å²) in [7, 11) is 3.65. The van der Waals surface area contributed by atoms with E-state index in [2.05, 4.69) is 14.9 Å². The van der Waals surface area contributed by atoms with Crippen LogP contribution in [0.15, 0.2) is 91.4 Å². The lowest BCUT2D eigenvalue weighted by atomic mass is 10.2. The number of nitrogens with zero attached hydrogens (tertiary/aromatic N) is 6. The molecule has 0 saturated carbocycles. The summed E-state index contributed by atoms with van der Waals surface area (Å²) in [6.07, 6.45) is 0.815. The number of alkyl halides is 3. The summed E-state index contributed by atoms with van der Waals surface area (Å²) in [5, 5.41) is 0.878. The van der Waals surface area contributed by atoms with Crippen LogP contribution in [0.25, 0.3) is 10.9 Å². The van der Waals surface area contributed by atoms with Crippen molar-refractivity contribution in [2.75, 3.05) is 38.1 Å². The maximum atomic E-state index is 13.5. The molecule has 0 unspecified atom stereocenters. The molecule has 0 N–H and O–H groups in total. The number of halogens is 4. The molecule has 1 fully saturated rings. The van der Waals surface area contributed by atoms with Gasteiger partial charge in [-0.3, -0.25) is 14.7 Å². The molecular weight excluding hydrogens is 649 g/mol. The van der Waals surface area contributed by atoms with Gasteiger partial charge >= 0.3 is 6.18 Å². The van der Waals surface area contributed by atoms with Crippen LogP contribution >= 0.6 is 17.0 Å². The van der Waals surface area contributed by atoms with E-state index in [4.69, 9.17) is 4.74 Å². The topological polar surface area (TPSA) is 66.7 Å². The fourth-order valence-corrected chi connectivity index (χ4v) is 5.39. The minimum atomic E-state index is -4.38. The molecule has 5 aromatic rings. The average molecular weight is 682 g/mol. The molecule has 1 amide bonds. The largest absolute Gasteiger partial charge is 0.439 e. The quantitative estimate of drug-likeness (QED) is 0.183. The molecule has 2 aromatic carbocycles. The highest BCUT2D eigenvalue weighted by molar-refractivity contribution is 8.93. The summed E-state index contributed by atoms with van der Waals surface area (Å²) in [6.45, 7) is 3.78. The van der Waals surface area contributed by atoms with Crippen LogP contribution in [0.4, 0.5) is 24.5 Å². The lowest BCUT2D eigenvalue weighted by molar-refractivity contribution is -0.137. The normalized spacial score (nSPS) is 13.8.